The van der Waals surface area contributed by atoms with E-state index in [2.05, 4.69) is 27.8 Å². The van der Waals surface area contributed by atoms with Gasteiger partial charge in [-0.25, -0.2) is 0 Å². The van der Waals surface area contributed by atoms with Gasteiger partial charge in [-0.1, -0.05) is 26.0 Å². The summed E-state index contributed by atoms with van der Waals surface area (Å²) < 4.78 is 5.89. The molecule has 1 amide bonds. The summed E-state index contributed by atoms with van der Waals surface area (Å²) in [5.74, 6) is 0.182. The fourth-order valence-electron chi connectivity index (χ4n) is 4.32. The SMILES string of the molecule is CSC1OC([C@H](NC(=O)[C@@H]2C[C@@H](CC=Cc3ccncc3)CN2)C(C)C)[C@H](O)[C@H](O)C1O. The van der Waals surface area contributed by atoms with E-state index in [1.54, 1.807) is 18.6 Å². The first-order chi connectivity index (χ1) is 15.3. The first-order valence-electron chi connectivity index (χ1n) is 11.1. The van der Waals surface area contributed by atoms with Crippen molar-refractivity contribution < 1.29 is 24.9 Å². The maximum atomic E-state index is 13.0. The molecule has 8 nitrogen and oxygen atoms in total. The predicted molar refractivity (Wildman–Crippen MR) is 125 cm³/mol. The molecule has 0 radical (unpaired) electrons. The number of thioether (sulfide) groups is 1. The summed E-state index contributed by atoms with van der Waals surface area (Å²) in [6.07, 6.45) is 6.46. The van der Waals surface area contributed by atoms with Gasteiger partial charge in [0.05, 0.1) is 12.1 Å². The number of aromatic nitrogens is 1. The Bertz CT molecular complexity index is 763. The molecule has 178 valence electrons. The number of aliphatic hydroxyl groups excluding tert-OH is 3. The van der Waals surface area contributed by atoms with Crippen LogP contribution in [0.1, 0.15) is 32.3 Å². The Morgan fingerprint density at radius 2 is 2.00 bits per heavy atom. The number of pyridine rings is 1. The summed E-state index contributed by atoms with van der Waals surface area (Å²) in [7, 11) is 0. The molecule has 2 aliphatic rings. The minimum absolute atomic E-state index is 0.0379. The quantitative estimate of drug-likeness (QED) is 0.382. The highest BCUT2D eigenvalue weighted by atomic mass is 32.2. The molecule has 2 aliphatic heterocycles. The zero-order valence-electron chi connectivity index (χ0n) is 18.8. The van der Waals surface area contributed by atoms with E-state index in [9.17, 15) is 20.1 Å². The number of allylic oxidation sites excluding steroid dienone is 1. The second kappa shape index (κ2) is 11.6. The Labute approximate surface area is 193 Å². The van der Waals surface area contributed by atoms with Crippen LogP contribution in [-0.2, 0) is 9.53 Å². The summed E-state index contributed by atoms with van der Waals surface area (Å²) in [4.78, 5) is 17.0. The largest absolute Gasteiger partial charge is 0.388 e. The minimum atomic E-state index is -1.33. The number of hydrogen-bond acceptors (Lipinski definition) is 8. The summed E-state index contributed by atoms with van der Waals surface area (Å²) in [6.45, 7) is 4.62. The van der Waals surface area contributed by atoms with Crippen molar-refractivity contribution in [3.8, 4) is 0 Å². The fraction of sp³-hybridized carbons (Fsp3) is 0.652. The maximum absolute atomic E-state index is 13.0. The highest BCUT2D eigenvalue weighted by molar-refractivity contribution is 7.99. The van der Waals surface area contributed by atoms with Crippen LogP contribution in [0.25, 0.3) is 6.08 Å². The Morgan fingerprint density at radius 3 is 2.66 bits per heavy atom. The van der Waals surface area contributed by atoms with Gasteiger partial charge >= 0.3 is 0 Å². The third-order valence-corrected chi connectivity index (χ3v) is 7.10. The number of nitrogens with zero attached hydrogens (tertiary/aromatic N) is 1. The Balaban J connectivity index is 1.56. The molecule has 9 heteroatoms. The van der Waals surface area contributed by atoms with Gasteiger partial charge in [0, 0.05) is 12.4 Å². The van der Waals surface area contributed by atoms with Crippen LogP contribution in [0.3, 0.4) is 0 Å². The van der Waals surface area contributed by atoms with E-state index in [1.165, 1.54) is 11.8 Å². The molecule has 0 bridgehead atoms. The smallest absolute Gasteiger partial charge is 0.237 e. The number of hydrogen-bond donors (Lipinski definition) is 5. The molecule has 5 N–H and O–H groups in total. The van der Waals surface area contributed by atoms with Crippen LogP contribution in [0.4, 0.5) is 0 Å². The summed E-state index contributed by atoms with van der Waals surface area (Å²) in [5.41, 5.74) is 0.430. The number of carbonyl (C=O) groups is 1. The first kappa shape index (κ1) is 25.1. The fourth-order valence-corrected chi connectivity index (χ4v) is 5.00. The number of amides is 1. The van der Waals surface area contributed by atoms with Gasteiger partial charge < -0.3 is 30.7 Å². The lowest BCUT2D eigenvalue weighted by Gasteiger charge is -2.44. The second-order valence-electron chi connectivity index (χ2n) is 8.94. The van der Waals surface area contributed by atoms with E-state index in [4.69, 9.17) is 4.74 Å². The third kappa shape index (κ3) is 6.09. The summed E-state index contributed by atoms with van der Waals surface area (Å²) in [6, 6.07) is 3.08. The zero-order chi connectivity index (χ0) is 23.3. The van der Waals surface area contributed by atoms with Gasteiger partial charge in [-0.3, -0.25) is 9.78 Å². The van der Waals surface area contributed by atoms with Crippen molar-refractivity contribution in [2.45, 2.75) is 68.6 Å². The predicted octanol–water partition coefficient (Wildman–Crippen LogP) is 0.774. The highest BCUT2D eigenvalue weighted by Gasteiger charge is 2.47. The van der Waals surface area contributed by atoms with Crippen LogP contribution in [0.2, 0.25) is 0 Å². The van der Waals surface area contributed by atoms with Gasteiger partial charge in [0.15, 0.2) is 0 Å². The van der Waals surface area contributed by atoms with Gasteiger partial charge in [-0.05, 0) is 55.2 Å². The van der Waals surface area contributed by atoms with Crippen molar-refractivity contribution in [3.05, 3.63) is 36.2 Å². The molecule has 1 aromatic heterocycles. The number of ether oxygens (including phenoxy) is 1. The number of nitrogens with one attached hydrogen (secondary N) is 2. The minimum Gasteiger partial charge on any atom is -0.388 e. The van der Waals surface area contributed by atoms with E-state index < -0.39 is 35.9 Å². The Morgan fingerprint density at radius 1 is 1.28 bits per heavy atom. The molecule has 0 aromatic carbocycles. The lowest BCUT2D eigenvalue weighted by molar-refractivity contribution is -0.208. The molecule has 2 fully saturated rings. The molecule has 0 aliphatic carbocycles. The van der Waals surface area contributed by atoms with E-state index in [0.717, 1.165) is 24.9 Å². The van der Waals surface area contributed by atoms with Crippen LogP contribution in [0.15, 0.2) is 30.6 Å². The van der Waals surface area contributed by atoms with Crippen molar-refractivity contribution in [1.29, 1.82) is 0 Å². The normalized spacial score (nSPS) is 34.2. The average molecular weight is 466 g/mol. The average Bonchev–Trinajstić information content (AvgIpc) is 3.26. The molecule has 3 unspecified atom stereocenters. The second-order valence-corrected chi connectivity index (χ2v) is 9.87. The molecule has 32 heavy (non-hydrogen) atoms. The highest BCUT2D eigenvalue weighted by Crippen LogP contribution is 2.30. The van der Waals surface area contributed by atoms with Crippen LogP contribution in [0, 0.1) is 11.8 Å². The maximum Gasteiger partial charge on any atom is 0.237 e. The Hall–Kier alpha value is -1.49. The van der Waals surface area contributed by atoms with Gasteiger partial charge in [-0.2, -0.15) is 0 Å². The number of aliphatic hydroxyl groups is 3. The van der Waals surface area contributed by atoms with Gasteiger partial charge in [0.1, 0.15) is 29.9 Å². The zero-order valence-corrected chi connectivity index (χ0v) is 19.6. The molecule has 2 saturated heterocycles. The molecule has 1 aromatic rings. The molecule has 3 rings (SSSR count). The van der Waals surface area contributed by atoms with E-state index in [0.29, 0.717) is 5.92 Å². The molecule has 0 saturated carbocycles. The third-order valence-electron chi connectivity index (χ3n) is 6.24. The van der Waals surface area contributed by atoms with Gasteiger partial charge in [-0.15, -0.1) is 11.8 Å². The lowest BCUT2D eigenvalue weighted by Crippen LogP contribution is -2.64. The summed E-state index contributed by atoms with van der Waals surface area (Å²) in [5, 5.41) is 37.2. The van der Waals surface area contributed by atoms with E-state index in [1.807, 2.05) is 26.0 Å². The van der Waals surface area contributed by atoms with Crippen LogP contribution < -0.4 is 10.6 Å². The Kier molecular flexibility index (Phi) is 9.10. The number of rotatable bonds is 8. The molecule has 3 heterocycles. The monoisotopic (exact) mass is 465 g/mol. The van der Waals surface area contributed by atoms with Crippen molar-refractivity contribution >= 4 is 23.7 Å². The van der Waals surface area contributed by atoms with Crippen LogP contribution in [0.5, 0.6) is 0 Å². The molecule has 8 atom stereocenters. The lowest BCUT2D eigenvalue weighted by atomic mass is 9.88. The van der Waals surface area contributed by atoms with E-state index in [-0.39, 0.29) is 17.9 Å². The van der Waals surface area contributed by atoms with Crippen LogP contribution in [-0.4, -0.2) is 80.9 Å². The van der Waals surface area contributed by atoms with Crippen molar-refractivity contribution in [2.24, 2.45) is 11.8 Å². The summed E-state index contributed by atoms with van der Waals surface area (Å²) >= 11 is 1.26. The molecule has 0 spiro atoms. The standard InChI is InChI=1S/C23H35N3O5S/c1-13(2)17(21-19(28)18(27)20(29)23(31-21)32-3)26-22(30)16-11-15(12-25-16)6-4-5-14-7-9-24-10-8-14/h4-5,7-10,13,15-21,23,25,27-29H,6,11-12H2,1-3H3,(H,26,30)/t15-,16+,17-,18+,19-,20?,21?,23?/m1/s1. The van der Waals surface area contributed by atoms with Gasteiger partial charge in [0.2, 0.25) is 5.91 Å². The van der Waals surface area contributed by atoms with Crippen molar-refractivity contribution in [2.75, 3.05) is 12.8 Å². The van der Waals surface area contributed by atoms with E-state index >= 15 is 0 Å². The van der Waals surface area contributed by atoms with Crippen LogP contribution >= 0.6 is 11.8 Å². The number of carbonyl (C=O) groups excluding carboxylic acids is 1. The topological polar surface area (TPSA) is 124 Å². The first-order valence-corrected chi connectivity index (χ1v) is 12.4. The molecular formula is C23H35N3O5S. The molecular weight excluding hydrogens is 430 g/mol. The van der Waals surface area contributed by atoms with Gasteiger partial charge in [0.25, 0.3) is 0 Å². The van der Waals surface area contributed by atoms with Crippen molar-refractivity contribution in [3.63, 3.8) is 0 Å². The van der Waals surface area contributed by atoms with Crippen molar-refractivity contribution in [1.82, 2.24) is 15.6 Å².